The number of benzene rings is 1. The zero-order valence-electron chi connectivity index (χ0n) is 7.34. The maximum absolute atomic E-state index is 5.98. The van der Waals surface area contributed by atoms with Crippen LogP contribution in [0.1, 0.15) is 5.56 Å². The average Bonchev–Trinajstić information content (AvgIpc) is 2.53. The highest BCUT2D eigenvalue weighted by molar-refractivity contribution is 6.33. The van der Waals surface area contributed by atoms with Crippen LogP contribution in [0.2, 0.25) is 5.02 Å². The molecule has 0 saturated heterocycles. The molecule has 2 heteroatoms. The predicted octanol–water partition coefficient (Wildman–Crippen LogP) is 3.64. The summed E-state index contributed by atoms with van der Waals surface area (Å²) in [7, 11) is 0. The summed E-state index contributed by atoms with van der Waals surface area (Å²) in [4.78, 5) is 3.11. The number of hydrogen-bond donors (Lipinski definition) is 1. The predicted molar refractivity (Wildman–Crippen MR) is 56.0 cm³/mol. The molecule has 2 rings (SSSR count). The molecule has 0 fully saturated rings. The molecule has 1 aromatic carbocycles. The fraction of sp³-hybridized carbons (Fsp3) is 0.0909. The van der Waals surface area contributed by atoms with Gasteiger partial charge in [0.05, 0.1) is 10.7 Å². The summed E-state index contributed by atoms with van der Waals surface area (Å²) in [6.45, 7) is 2.07. The van der Waals surface area contributed by atoms with Crippen molar-refractivity contribution in [2.75, 3.05) is 0 Å². The molecule has 0 amide bonds. The minimum Gasteiger partial charge on any atom is -0.360 e. The van der Waals surface area contributed by atoms with Gasteiger partial charge < -0.3 is 4.98 Å². The van der Waals surface area contributed by atoms with E-state index in [1.807, 2.05) is 12.3 Å². The lowest BCUT2D eigenvalue weighted by atomic mass is 10.1. The van der Waals surface area contributed by atoms with Gasteiger partial charge in [-0.3, -0.25) is 0 Å². The largest absolute Gasteiger partial charge is 0.360 e. The summed E-state index contributed by atoms with van der Waals surface area (Å²) in [5.41, 5.74) is 3.37. The van der Waals surface area contributed by atoms with E-state index in [0.29, 0.717) is 0 Å². The monoisotopic (exact) mass is 191 g/mol. The van der Waals surface area contributed by atoms with Gasteiger partial charge in [0.25, 0.3) is 0 Å². The SMILES string of the molecule is Cc1ccc(-c2[nH]ccc2Cl)cc1. The Labute approximate surface area is 82.4 Å². The molecule has 0 atom stereocenters. The van der Waals surface area contributed by atoms with E-state index in [0.717, 1.165) is 16.3 Å². The fourth-order valence-corrected chi connectivity index (χ4v) is 1.52. The van der Waals surface area contributed by atoms with Gasteiger partial charge in [-0.25, -0.2) is 0 Å². The molecule has 0 aliphatic heterocycles. The van der Waals surface area contributed by atoms with Crippen LogP contribution in [-0.4, -0.2) is 4.98 Å². The van der Waals surface area contributed by atoms with E-state index in [4.69, 9.17) is 11.6 Å². The summed E-state index contributed by atoms with van der Waals surface area (Å²) in [6, 6.07) is 10.1. The third kappa shape index (κ3) is 1.61. The summed E-state index contributed by atoms with van der Waals surface area (Å²) in [5.74, 6) is 0. The van der Waals surface area contributed by atoms with Crippen LogP contribution in [0.3, 0.4) is 0 Å². The highest BCUT2D eigenvalue weighted by Gasteiger charge is 2.02. The Morgan fingerprint density at radius 3 is 2.31 bits per heavy atom. The molecule has 0 aliphatic rings. The number of aromatic amines is 1. The second-order valence-corrected chi connectivity index (χ2v) is 3.47. The van der Waals surface area contributed by atoms with E-state index in [-0.39, 0.29) is 0 Å². The number of aromatic nitrogens is 1. The van der Waals surface area contributed by atoms with Crippen molar-refractivity contribution in [3.05, 3.63) is 47.1 Å². The first-order valence-corrected chi connectivity index (χ1v) is 4.55. The maximum atomic E-state index is 5.98. The van der Waals surface area contributed by atoms with Crippen LogP contribution in [0.4, 0.5) is 0 Å². The van der Waals surface area contributed by atoms with Crippen molar-refractivity contribution in [1.29, 1.82) is 0 Å². The van der Waals surface area contributed by atoms with Gasteiger partial charge in [0.1, 0.15) is 0 Å². The number of rotatable bonds is 1. The highest BCUT2D eigenvalue weighted by Crippen LogP contribution is 2.25. The molecule has 0 unspecified atom stereocenters. The molecular weight excluding hydrogens is 182 g/mol. The number of aryl methyl sites for hydroxylation is 1. The average molecular weight is 192 g/mol. The molecule has 1 heterocycles. The van der Waals surface area contributed by atoms with Crippen LogP contribution in [-0.2, 0) is 0 Å². The topological polar surface area (TPSA) is 15.8 Å². The molecule has 0 bridgehead atoms. The first-order chi connectivity index (χ1) is 6.27. The highest BCUT2D eigenvalue weighted by atomic mass is 35.5. The van der Waals surface area contributed by atoms with Gasteiger partial charge >= 0.3 is 0 Å². The summed E-state index contributed by atoms with van der Waals surface area (Å²) in [6.07, 6.45) is 1.84. The fourth-order valence-electron chi connectivity index (χ4n) is 1.29. The van der Waals surface area contributed by atoms with Crippen molar-refractivity contribution in [3.63, 3.8) is 0 Å². The molecule has 13 heavy (non-hydrogen) atoms. The number of nitrogens with one attached hydrogen (secondary N) is 1. The molecule has 0 saturated carbocycles. The standard InChI is InChI=1S/C11H10ClN/c1-8-2-4-9(5-3-8)11-10(12)6-7-13-11/h2-7,13H,1H3. The van der Waals surface area contributed by atoms with E-state index in [1.165, 1.54) is 5.56 Å². The summed E-state index contributed by atoms with van der Waals surface area (Å²) < 4.78 is 0. The van der Waals surface area contributed by atoms with Gasteiger partial charge in [-0.1, -0.05) is 41.4 Å². The molecule has 1 nitrogen and oxygen atoms in total. The maximum Gasteiger partial charge on any atom is 0.0661 e. The van der Waals surface area contributed by atoms with Crippen LogP contribution in [0, 0.1) is 6.92 Å². The quantitative estimate of drug-likeness (QED) is 0.709. The van der Waals surface area contributed by atoms with Gasteiger partial charge in [0.15, 0.2) is 0 Å². The van der Waals surface area contributed by atoms with Gasteiger partial charge in [-0.05, 0) is 18.6 Å². The Bertz CT molecular complexity index is 400. The van der Waals surface area contributed by atoms with E-state index in [1.54, 1.807) is 0 Å². The lowest BCUT2D eigenvalue weighted by Crippen LogP contribution is -1.78. The van der Waals surface area contributed by atoms with Crippen molar-refractivity contribution in [3.8, 4) is 11.3 Å². The van der Waals surface area contributed by atoms with Crippen molar-refractivity contribution in [1.82, 2.24) is 4.98 Å². The Balaban J connectivity index is 2.47. The summed E-state index contributed by atoms with van der Waals surface area (Å²) in [5, 5.41) is 0.767. The minimum atomic E-state index is 0.767. The molecule has 2 aromatic rings. The smallest absolute Gasteiger partial charge is 0.0661 e. The lowest BCUT2D eigenvalue weighted by molar-refractivity contribution is 1.39. The zero-order valence-corrected chi connectivity index (χ0v) is 8.10. The van der Waals surface area contributed by atoms with Crippen molar-refractivity contribution >= 4 is 11.6 Å². The molecule has 66 valence electrons. The van der Waals surface area contributed by atoms with Gasteiger partial charge in [-0.15, -0.1) is 0 Å². The molecule has 0 spiro atoms. The van der Waals surface area contributed by atoms with Crippen molar-refractivity contribution < 1.29 is 0 Å². The molecular formula is C11H10ClN. The third-order valence-corrected chi connectivity index (χ3v) is 2.35. The van der Waals surface area contributed by atoms with Crippen LogP contribution < -0.4 is 0 Å². The number of H-pyrrole nitrogens is 1. The van der Waals surface area contributed by atoms with E-state index in [2.05, 4.69) is 36.2 Å². The van der Waals surface area contributed by atoms with Crippen molar-refractivity contribution in [2.45, 2.75) is 6.92 Å². The Kier molecular flexibility index (Phi) is 2.11. The van der Waals surface area contributed by atoms with E-state index >= 15 is 0 Å². The normalized spacial score (nSPS) is 10.3. The molecule has 0 radical (unpaired) electrons. The molecule has 0 aliphatic carbocycles. The Morgan fingerprint density at radius 2 is 1.77 bits per heavy atom. The first-order valence-electron chi connectivity index (χ1n) is 4.17. The van der Waals surface area contributed by atoms with Crippen LogP contribution in [0.25, 0.3) is 11.3 Å². The first kappa shape index (κ1) is 8.39. The molecule has 1 aromatic heterocycles. The Hall–Kier alpha value is -1.21. The number of hydrogen-bond acceptors (Lipinski definition) is 0. The second-order valence-electron chi connectivity index (χ2n) is 3.07. The van der Waals surface area contributed by atoms with Crippen LogP contribution in [0.15, 0.2) is 36.5 Å². The van der Waals surface area contributed by atoms with Crippen LogP contribution in [0.5, 0.6) is 0 Å². The van der Waals surface area contributed by atoms with E-state index in [9.17, 15) is 0 Å². The van der Waals surface area contributed by atoms with Crippen LogP contribution >= 0.6 is 11.6 Å². The molecule has 1 N–H and O–H groups in total. The number of halogens is 1. The van der Waals surface area contributed by atoms with Gasteiger partial charge in [0, 0.05) is 6.20 Å². The third-order valence-electron chi connectivity index (χ3n) is 2.04. The lowest BCUT2D eigenvalue weighted by Gasteiger charge is -1.99. The van der Waals surface area contributed by atoms with E-state index < -0.39 is 0 Å². The summed E-state index contributed by atoms with van der Waals surface area (Å²) >= 11 is 5.98. The second kappa shape index (κ2) is 3.27. The minimum absolute atomic E-state index is 0.767. The zero-order chi connectivity index (χ0) is 9.26. The van der Waals surface area contributed by atoms with Gasteiger partial charge in [-0.2, -0.15) is 0 Å². The van der Waals surface area contributed by atoms with Crippen molar-refractivity contribution in [2.24, 2.45) is 0 Å². The Morgan fingerprint density at radius 1 is 1.08 bits per heavy atom. The van der Waals surface area contributed by atoms with Gasteiger partial charge in [0.2, 0.25) is 0 Å².